The lowest BCUT2D eigenvalue weighted by atomic mass is 9.94. The number of hydrogen-bond donors (Lipinski definition) is 0. The average Bonchev–Trinajstić information content (AvgIpc) is 4.12. The number of benzene rings is 12. The van der Waals surface area contributed by atoms with E-state index in [0.717, 1.165) is 77.6 Å². The number of furan rings is 1. The molecule has 0 bridgehead atoms. The minimum atomic E-state index is 0.458. The van der Waals surface area contributed by atoms with Crippen LogP contribution in [0.15, 0.2) is 235 Å². The van der Waals surface area contributed by atoms with Crippen LogP contribution in [0.3, 0.4) is 0 Å². The van der Waals surface area contributed by atoms with Gasteiger partial charge in [-0.15, -0.1) is 0 Å². The lowest BCUT2D eigenvalue weighted by Crippen LogP contribution is -2.07. The van der Waals surface area contributed by atoms with Crippen molar-refractivity contribution in [3.8, 4) is 39.6 Å². The molecule has 3 aromatic heterocycles. The van der Waals surface area contributed by atoms with Crippen LogP contribution in [0.25, 0.3) is 137 Å². The summed E-state index contributed by atoms with van der Waals surface area (Å²) in [6.45, 7) is 0.458. The van der Waals surface area contributed by atoms with E-state index in [4.69, 9.17) is 14.5 Å². The van der Waals surface area contributed by atoms with Gasteiger partial charge in [-0.25, -0.2) is 9.67 Å². The summed E-state index contributed by atoms with van der Waals surface area (Å²) in [5, 5.41) is 22.1. The summed E-state index contributed by atoms with van der Waals surface area (Å²) in [6.07, 6.45) is 0. The summed E-state index contributed by atoms with van der Waals surface area (Å²) in [7, 11) is 0. The largest absolute Gasteiger partial charge is 0.456 e. The van der Waals surface area contributed by atoms with E-state index in [1.807, 2.05) is 6.07 Å². The first-order valence-corrected chi connectivity index (χ1v) is 23.9. The van der Waals surface area contributed by atoms with E-state index in [2.05, 4.69) is 234 Å². The number of rotatable bonds is 6. The molecule has 15 aromatic rings. The molecule has 0 radical (unpaired) electrons. The normalized spacial score (nSPS) is 12.1. The number of fused-ring (bicyclic) bond motifs is 13. The van der Waals surface area contributed by atoms with Crippen LogP contribution in [0.2, 0.25) is 0 Å². The summed E-state index contributed by atoms with van der Waals surface area (Å²) in [5.74, 6) is 1.50. The van der Waals surface area contributed by atoms with Gasteiger partial charge in [0.15, 0.2) is 11.6 Å². The van der Waals surface area contributed by atoms with Gasteiger partial charge in [0.2, 0.25) is 0 Å². The van der Waals surface area contributed by atoms with Gasteiger partial charge in [-0.3, -0.25) is 0 Å². The summed E-state index contributed by atoms with van der Waals surface area (Å²) in [4.78, 5) is 5.58. The molecular formula is C65H40N4O. The molecular weight excluding hydrogens is 853 g/mol. The molecule has 0 saturated carbocycles. The number of aromatic nitrogens is 4. The van der Waals surface area contributed by atoms with Crippen molar-refractivity contribution in [3.63, 3.8) is 0 Å². The van der Waals surface area contributed by atoms with Crippen molar-refractivity contribution >= 4 is 97.6 Å². The molecule has 5 heteroatoms. The number of nitrogens with zero attached hydrogens (tertiary/aromatic N) is 4. The molecule has 12 aromatic carbocycles. The molecule has 0 spiro atoms. The molecule has 5 nitrogen and oxygen atoms in total. The van der Waals surface area contributed by atoms with E-state index < -0.39 is 0 Å². The lowest BCUT2D eigenvalue weighted by molar-refractivity contribution is 0.669. The van der Waals surface area contributed by atoms with Gasteiger partial charge in [-0.2, -0.15) is 5.10 Å². The van der Waals surface area contributed by atoms with E-state index in [1.165, 1.54) is 59.4 Å². The van der Waals surface area contributed by atoms with Gasteiger partial charge in [-0.05, 0) is 113 Å². The molecule has 326 valence electrons. The molecule has 0 unspecified atom stereocenters. The SMILES string of the molecule is c1ccc2cc3c(cc2c1)c1ccccc1n3-c1ccc(Cn2nc(-c3cccc4c3ccc3ccccc34)nc2-c2cccc3c2ccc2ccccc23)c(-c2cccc3oc4ccccc4c23)c1. The second kappa shape index (κ2) is 15.1. The molecule has 0 atom stereocenters. The fourth-order valence-corrected chi connectivity index (χ4v) is 11.4. The summed E-state index contributed by atoms with van der Waals surface area (Å²) < 4.78 is 11.1. The Bertz CT molecular complexity index is 4650. The third-order valence-corrected chi connectivity index (χ3v) is 14.6. The molecule has 0 aliphatic rings. The fraction of sp³-hybridized carbons (Fsp3) is 0.0154. The predicted molar refractivity (Wildman–Crippen MR) is 291 cm³/mol. The first-order chi connectivity index (χ1) is 34.7. The van der Waals surface area contributed by atoms with Crippen LogP contribution < -0.4 is 0 Å². The molecule has 0 aliphatic heterocycles. The quantitative estimate of drug-likeness (QED) is 0.156. The minimum absolute atomic E-state index is 0.458. The number of para-hydroxylation sites is 2. The highest BCUT2D eigenvalue weighted by Gasteiger charge is 2.23. The van der Waals surface area contributed by atoms with Crippen molar-refractivity contribution in [2.75, 3.05) is 0 Å². The third kappa shape index (κ3) is 5.85. The first kappa shape index (κ1) is 38.8. The Morgan fingerprint density at radius 2 is 0.943 bits per heavy atom. The molecule has 70 heavy (non-hydrogen) atoms. The highest BCUT2D eigenvalue weighted by molar-refractivity contribution is 6.16. The molecule has 0 aliphatic carbocycles. The van der Waals surface area contributed by atoms with Crippen LogP contribution in [0.4, 0.5) is 0 Å². The van der Waals surface area contributed by atoms with Gasteiger partial charge < -0.3 is 8.98 Å². The maximum atomic E-state index is 6.56. The Hall–Kier alpha value is -9.32. The third-order valence-electron chi connectivity index (χ3n) is 14.6. The molecule has 0 amide bonds. The zero-order chi connectivity index (χ0) is 45.9. The van der Waals surface area contributed by atoms with Gasteiger partial charge in [0.05, 0.1) is 17.6 Å². The van der Waals surface area contributed by atoms with Crippen molar-refractivity contribution < 1.29 is 4.42 Å². The van der Waals surface area contributed by atoms with Crippen molar-refractivity contribution in [1.29, 1.82) is 0 Å². The zero-order valence-electron chi connectivity index (χ0n) is 37.8. The van der Waals surface area contributed by atoms with Crippen LogP contribution in [0, 0.1) is 0 Å². The minimum Gasteiger partial charge on any atom is -0.456 e. The van der Waals surface area contributed by atoms with Crippen molar-refractivity contribution in [3.05, 3.63) is 236 Å². The van der Waals surface area contributed by atoms with Crippen LogP contribution in [-0.4, -0.2) is 19.3 Å². The standard InChI is InChI=1S/C65H40N4O/c1-2-17-43-37-60-58(36-42(43)16-1)52-20-7-9-27-59(52)69(60)45-33-30-44(57(38-45)53-24-13-29-62-63(53)56-21-8-10-28-61(56)70-62)39-68-65(55-26-12-23-49-47-19-6-4-15-41(47)32-35-51(49)55)66-64(67-68)54-25-11-22-48-46-18-5-3-14-40(46)31-34-50(48)54/h1-38H,39H2. The number of hydrogen-bond acceptors (Lipinski definition) is 3. The summed E-state index contributed by atoms with van der Waals surface area (Å²) in [5.41, 5.74) is 10.5. The van der Waals surface area contributed by atoms with Crippen molar-refractivity contribution in [2.24, 2.45) is 0 Å². The lowest BCUT2D eigenvalue weighted by Gasteiger charge is -2.17. The van der Waals surface area contributed by atoms with Gasteiger partial charge in [-0.1, -0.05) is 188 Å². The van der Waals surface area contributed by atoms with E-state index in [-0.39, 0.29) is 0 Å². The molecule has 0 N–H and O–H groups in total. The van der Waals surface area contributed by atoms with Gasteiger partial charge in [0.1, 0.15) is 11.2 Å². The van der Waals surface area contributed by atoms with E-state index in [0.29, 0.717) is 12.4 Å². The van der Waals surface area contributed by atoms with Crippen LogP contribution in [0.1, 0.15) is 5.56 Å². The monoisotopic (exact) mass is 892 g/mol. The summed E-state index contributed by atoms with van der Waals surface area (Å²) >= 11 is 0. The molecule has 0 fully saturated rings. The molecule has 15 rings (SSSR count). The Balaban J connectivity index is 0.993. The van der Waals surface area contributed by atoms with Gasteiger partial charge >= 0.3 is 0 Å². The average molecular weight is 893 g/mol. The molecule has 0 saturated heterocycles. The van der Waals surface area contributed by atoms with Crippen molar-refractivity contribution in [2.45, 2.75) is 6.54 Å². The maximum Gasteiger partial charge on any atom is 0.182 e. The van der Waals surface area contributed by atoms with Crippen molar-refractivity contribution in [1.82, 2.24) is 19.3 Å². The Labute approximate surface area is 401 Å². The van der Waals surface area contributed by atoms with Gasteiger partial charge in [0.25, 0.3) is 0 Å². The highest BCUT2D eigenvalue weighted by atomic mass is 16.3. The summed E-state index contributed by atoms with van der Waals surface area (Å²) in [6, 6.07) is 83.1. The Kier molecular flexibility index (Phi) is 8.36. The van der Waals surface area contributed by atoms with Crippen LogP contribution >= 0.6 is 0 Å². The maximum absolute atomic E-state index is 6.56. The van der Waals surface area contributed by atoms with Crippen LogP contribution in [0.5, 0.6) is 0 Å². The predicted octanol–water partition coefficient (Wildman–Crippen LogP) is 17.1. The van der Waals surface area contributed by atoms with E-state index >= 15 is 0 Å². The van der Waals surface area contributed by atoms with Gasteiger partial charge in [0, 0.05) is 38.4 Å². The smallest absolute Gasteiger partial charge is 0.182 e. The van der Waals surface area contributed by atoms with E-state index in [1.54, 1.807) is 0 Å². The highest BCUT2D eigenvalue weighted by Crippen LogP contribution is 2.42. The topological polar surface area (TPSA) is 48.8 Å². The molecule has 3 heterocycles. The van der Waals surface area contributed by atoms with Crippen LogP contribution in [-0.2, 0) is 6.54 Å². The van der Waals surface area contributed by atoms with E-state index in [9.17, 15) is 0 Å². The zero-order valence-corrected chi connectivity index (χ0v) is 37.8. The second-order valence-corrected chi connectivity index (χ2v) is 18.5. The Morgan fingerprint density at radius 3 is 1.71 bits per heavy atom. The Morgan fingerprint density at radius 1 is 0.357 bits per heavy atom. The second-order valence-electron chi connectivity index (χ2n) is 18.5. The fourth-order valence-electron chi connectivity index (χ4n) is 11.4. The first-order valence-electron chi connectivity index (χ1n) is 23.9.